The normalized spacial score (nSPS) is 31.0. The number of hydrogen-bond donors (Lipinski definition) is 1. The fourth-order valence-corrected chi connectivity index (χ4v) is 4.54. The van der Waals surface area contributed by atoms with Crippen molar-refractivity contribution in [2.24, 2.45) is 22.4 Å². The molecule has 122 valence electrons. The van der Waals surface area contributed by atoms with Gasteiger partial charge in [0.15, 0.2) is 11.5 Å². The highest BCUT2D eigenvalue weighted by Crippen LogP contribution is 2.66. The maximum atomic E-state index is 12.4. The van der Waals surface area contributed by atoms with E-state index < -0.39 is 0 Å². The van der Waals surface area contributed by atoms with E-state index >= 15 is 0 Å². The Labute approximate surface area is 143 Å². The number of amides is 1. The predicted molar refractivity (Wildman–Crippen MR) is 89.6 cm³/mol. The Morgan fingerprint density at radius 2 is 2.17 bits per heavy atom. The first-order valence-corrected chi connectivity index (χ1v) is 8.81. The van der Waals surface area contributed by atoms with Gasteiger partial charge in [0.05, 0.1) is 6.21 Å². The lowest BCUT2D eigenvalue weighted by molar-refractivity contribution is -0.123. The molecule has 23 heavy (non-hydrogen) atoms. The number of carbonyl (C=O) groups excluding carboxylic acids is 1. The van der Waals surface area contributed by atoms with E-state index in [1.807, 2.05) is 12.1 Å². The molecule has 0 aromatic heterocycles. The average Bonchev–Trinajstić information content (AvgIpc) is 2.91. The van der Waals surface area contributed by atoms with Crippen LogP contribution >= 0.6 is 15.9 Å². The summed E-state index contributed by atoms with van der Waals surface area (Å²) in [6, 6.07) is 3.70. The van der Waals surface area contributed by atoms with Gasteiger partial charge in [0, 0.05) is 16.0 Å². The number of fused-ring (bicyclic) bond motifs is 2. The molecule has 3 atom stereocenters. The monoisotopic (exact) mass is 378 g/mol. The van der Waals surface area contributed by atoms with E-state index in [1.54, 1.807) is 6.21 Å². The topological polar surface area (TPSA) is 59.9 Å². The molecule has 2 fully saturated rings. The lowest BCUT2D eigenvalue weighted by Gasteiger charge is -2.15. The van der Waals surface area contributed by atoms with E-state index in [0.29, 0.717) is 17.4 Å². The zero-order chi connectivity index (χ0) is 16.0. The Morgan fingerprint density at radius 3 is 2.91 bits per heavy atom. The second-order valence-electron chi connectivity index (χ2n) is 6.80. The average molecular weight is 379 g/mol. The summed E-state index contributed by atoms with van der Waals surface area (Å²) in [4.78, 5) is 12.4. The Morgan fingerprint density at radius 1 is 1.39 bits per heavy atom. The van der Waals surface area contributed by atoms with Crippen LogP contribution in [0.2, 0.25) is 0 Å². The summed E-state index contributed by atoms with van der Waals surface area (Å²) in [5.41, 5.74) is 3.75. The van der Waals surface area contributed by atoms with Crippen LogP contribution in [-0.4, -0.2) is 18.9 Å². The standard InChI is InChI=1S/C17H19BrN2O3/c1-17-5-3-2-4-11(17)15(17)16(21)20-19-8-10-6-13-14(7-12(10)18)23-9-22-13/h6-8,11,15H,2-5,9H2,1H3,(H,20,21)/b19-8+/t11-,15+,17+/m0/s1. The van der Waals surface area contributed by atoms with Crippen LogP contribution in [0, 0.1) is 17.3 Å². The molecular formula is C17H19BrN2O3. The molecule has 4 rings (SSSR count). The van der Waals surface area contributed by atoms with Crippen molar-refractivity contribution in [3.05, 3.63) is 22.2 Å². The zero-order valence-electron chi connectivity index (χ0n) is 13.0. The van der Waals surface area contributed by atoms with Crippen LogP contribution < -0.4 is 14.9 Å². The first-order valence-electron chi connectivity index (χ1n) is 8.02. The molecule has 0 spiro atoms. The van der Waals surface area contributed by atoms with Gasteiger partial charge in [-0.15, -0.1) is 0 Å². The van der Waals surface area contributed by atoms with Gasteiger partial charge in [-0.05, 0) is 52.2 Å². The van der Waals surface area contributed by atoms with E-state index in [2.05, 4.69) is 33.4 Å². The van der Waals surface area contributed by atoms with Crippen molar-refractivity contribution in [3.63, 3.8) is 0 Å². The molecule has 0 bridgehead atoms. The highest BCUT2D eigenvalue weighted by Gasteiger charge is 2.64. The van der Waals surface area contributed by atoms with Crippen molar-refractivity contribution < 1.29 is 14.3 Å². The molecule has 3 aliphatic rings. The van der Waals surface area contributed by atoms with Crippen molar-refractivity contribution in [3.8, 4) is 11.5 Å². The lowest BCUT2D eigenvalue weighted by Crippen LogP contribution is -2.22. The van der Waals surface area contributed by atoms with Crippen LogP contribution in [0.5, 0.6) is 11.5 Å². The van der Waals surface area contributed by atoms with Gasteiger partial charge in [-0.3, -0.25) is 4.79 Å². The van der Waals surface area contributed by atoms with Crippen LogP contribution in [0.25, 0.3) is 0 Å². The number of ether oxygens (including phenoxy) is 2. The van der Waals surface area contributed by atoms with E-state index in [9.17, 15) is 4.79 Å². The number of rotatable bonds is 3. The van der Waals surface area contributed by atoms with Crippen molar-refractivity contribution in [1.29, 1.82) is 0 Å². The Kier molecular flexibility index (Phi) is 3.59. The first-order chi connectivity index (χ1) is 11.1. The van der Waals surface area contributed by atoms with Gasteiger partial charge in [-0.25, -0.2) is 5.43 Å². The van der Waals surface area contributed by atoms with Crippen molar-refractivity contribution in [2.75, 3.05) is 6.79 Å². The highest BCUT2D eigenvalue weighted by atomic mass is 79.9. The van der Waals surface area contributed by atoms with Crippen molar-refractivity contribution in [2.45, 2.75) is 32.6 Å². The molecule has 1 N–H and O–H groups in total. The Hall–Kier alpha value is -1.56. The van der Waals surface area contributed by atoms with Gasteiger partial charge in [0.1, 0.15) is 0 Å². The summed E-state index contributed by atoms with van der Waals surface area (Å²) in [7, 11) is 0. The summed E-state index contributed by atoms with van der Waals surface area (Å²) in [6.07, 6.45) is 6.46. The van der Waals surface area contributed by atoms with Gasteiger partial charge < -0.3 is 9.47 Å². The molecule has 5 nitrogen and oxygen atoms in total. The minimum Gasteiger partial charge on any atom is -0.454 e. The third-order valence-electron chi connectivity index (χ3n) is 5.48. The van der Waals surface area contributed by atoms with E-state index in [1.165, 1.54) is 19.3 Å². The summed E-state index contributed by atoms with van der Waals surface area (Å²) in [5.74, 6) is 2.13. The molecule has 1 heterocycles. The molecule has 1 amide bonds. The van der Waals surface area contributed by atoms with Crippen LogP contribution in [-0.2, 0) is 4.79 Å². The number of hydrogen-bond acceptors (Lipinski definition) is 4. The Bertz CT molecular complexity index is 691. The number of carbonyl (C=O) groups is 1. The molecule has 0 saturated heterocycles. The maximum Gasteiger partial charge on any atom is 0.244 e. The van der Waals surface area contributed by atoms with E-state index in [-0.39, 0.29) is 24.0 Å². The molecule has 1 aromatic carbocycles. The number of hydrazone groups is 1. The zero-order valence-corrected chi connectivity index (χ0v) is 14.6. The van der Waals surface area contributed by atoms with Gasteiger partial charge in [0.2, 0.25) is 12.7 Å². The molecule has 0 radical (unpaired) electrons. The van der Waals surface area contributed by atoms with Gasteiger partial charge in [-0.1, -0.05) is 19.8 Å². The second kappa shape index (κ2) is 5.51. The maximum absolute atomic E-state index is 12.4. The fourth-order valence-electron chi connectivity index (χ4n) is 4.12. The molecule has 2 saturated carbocycles. The quantitative estimate of drug-likeness (QED) is 0.647. The predicted octanol–water partition coefficient (Wildman–Crippen LogP) is 3.45. The number of nitrogens with zero attached hydrogens (tertiary/aromatic N) is 1. The highest BCUT2D eigenvalue weighted by molar-refractivity contribution is 9.10. The third kappa shape index (κ3) is 2.53. The fraction of sp³-hybridized carbons (Fsp3) is 0.529. The van der Waals surface area contributed by atoms with Gasteiger partial charge >= 0.3 is 0 Å². The molecule has 1 aromatic rings. The Balaban J connectivity index is 1.41. The first kappa shape index (κ1) is 15.0. The summed E-state index contributed by atoms with van der Waals surface area (Å²) in [6.45, 7) is 2.47. The molecule has 1 aliphatic heterocycles. The van der Waals surface area contributed by atoms with E-state index in [4.69, 9.17) is 9.47 Å². The smallest absolute Gasteiger partial charge is 0.244 e. The number of benzene rings is 1. The lowest BCUT2D eigenvalue weighted by atomic mass is 9.90. The molecule has 0 unspecified atom stereocenters. The molecular weight excluding hydrogens is 360 g/mol. The van der Waals surface area contributed by atoms with E-state index in [0.717, 1.165) is 16.5 Å². The SMILES string of the molecule is C[C@@]12CCCC[C@H]1[C@@H]2C(=O)N/N=C/c1cc2c(cc1Br)OCO2. The number of halogens is 1. The minimum absolute atomic E-state index is 0.0486. The molecule has 6 heteroatoms. The third-order valence-corrected chi connectivity index (χ3v) is 6.17. The largest absolute Gasteiger partial charge is 0.454 e. The minimum atomic E-state index is 0.0486. The van der Waals surface area contributed by atoms with Crippen LogP contribution in [0.4, 0.5) is 0 Å². The van der Waals surface area contributed by atoms with Crippen LogP contribution in [0.15, 0.2) is 21.7 Å². The van der Waals surface area contributed by atoms with Gasteiger partial charge in [-0.2, -0.15) is 5.10 Å². The summed E-state index contributed by atoms with van der Waals surface area (Å²) in [5, 5.41) is 4.13. The molecule has 2 aliphatic carbocycles. The second-order valence-corrected chi connectivity index (χ2v) is 7.65. The van der Waals surface area contributed by atoms with Crippen LogP contribution in [0.1, 0.15) is 38.2 Å². The van der Waals surface area contributed by atoms with Crippen molar-refractivity contribution in [1.82, 2.24) is 5.43 Å². The number of nitrogens with one attached hydrogen (secondary N) is 1. The summed E-state index contributed by atoms with van der Waals surface area (Å²) >= 11 is 3.48. The van der Waals surface area contributed by atoms with Crippen molar-refractivity contribution >= 4 is 28.1 Å². The van der Waals surface area contributed by atoms with Gasteiger partial charge in [0.25, 0.3) is 0 Å². The van der Waals surface area contributed by atoms with Crippen LogP contribution in [0.3, 0.4) is 0 Å². The summed E-state index contributed by atoms with van der Waals surface area (Å²) < 4.78 is 11.5.